The summed E-state index contributed by atoms with van der Waals surface area (Å²) in [5, 5.41) is 0. The summed E-state index contributed by atoms with van der Waals surface area (Å²) in [6, 6.07) is 9.91. The summed E-state index contributed by atoms with van der Waals surface area (Å²) in [5.74, 6) is -0.213. The molecular formula is C25H29F2N7. The Morgan fingerprint density at radius 1 is 0.912 bits per heavy atom. The minimum absolute atomic E-state index is 0.0184. The Bertz CT molecular complexity index is 1290. The maximum Gasteiger partial charge on any atom is 0.165 e. The minimum Gasteiger partial charge on any atom is -0.384 e. The molecule has 1 aliphatic rings. The number of aryl methyl sites for hydroxylation is 1. The summed E-state index contributed by atoms with van der Waals surface area (Å²) in [7, 11) is 2.00. The van der Waals surface area contributed by atoms with Gasteiger partial charge in [0.25, 0.3) is 0 Å². The number of benzene rings is 1. The number of piperazine rings is 1. The van der Waals surface area contributed by atoms with Crippen LogP contribution in [-0.2, 0) is 0 Å². The number of aromatic nitrogens is 4. The lowest BCUT2D eigenvalue weighted by molar-refractivity contribution is 0.310. The zero-order valence-electron chi connectivity index (χ0n) is 19.9. The van der Waals surface area contributed by atoms with E-state index in [9.17, 15) is 0 Å². The lowest BCUT2D eigenvalue weighted by Crippen LogP contribution is -2.45. The molecule has 4 heterocycles. The molecule has 0 saturated carbocycles. The van der Waals surface area contributed by atoms with Crippen LogP contribution in [0.3, 0.4) is 0 Å². The zero-order valence-corrected chi connectivity index (χ0v) is 19.9. The van der Waals surface area contributed by atoms with Crippen molar-refractivity contribution in [3.8, 4) is 16.9 Å². The van der Waals surface area contributed by atoms with Crippen molar-refractivity contribution in [1.29, 1.82) is 0 Å². The van der Waals surface area contributed by atoms with Gasteiger partial charge in [-0.1, -0.05) is 13.8 Å². The van der Waals surface area contributed by atoms with E-state index in [1.165, 1.54) is 12.1 Å². The smallest absolute Gasteiger partial charge is 0.165 e. The van der Waals surface area contributed by atoms with Gasteiger partial charge in [-0.3, -0.25) is 4.57 Å². The first-order chi connectivity index (χ1) is 16.4. The molecule has 5 rings (SSSR count). The van der Waals surface area contributed by atoms with Gasteiger partial charge < -0.3 is 15.5 Å². The van der Waals surface area contributed by atoms with Gasteiger partial charge in [0.2, 0.25) is 0 Å². The SMILES string of the molecule is CC.Cc1nc2ccc(-c3ccnc(N)c3)nc2n1-c1cc(F)c(N2CCN(C)CC2)c(F)c1. The van der Waals surface area contributed by atoms with Crippen molar-refractivity contribution in [3.05, 3.63) is 60.1 Å². The van der Waals surface area contributed by atoms with Crippen molar-refractivity contribution in [2.24, 2.45) is 0 Å². The summed E-state index contributed by atoms with van der Waals surface area (Å²) >= 11 is 0. The van der Waals surface area contributed by atoms with E-state index < -0.39 is 11.6 Å². The first-order valence-electron chi connectivity index (χ1n) is 11.4. The minimum atomic E-state index is -0.594. The molecule has 2 N–H and O–H groups in total. The molecule has 178 valence electrons. The molecule has 1 fully saturated rings. The lowest BCUT2D eigenvalue weighted by atomic mass is 10.1. The molecule has 7 nitrogen and oxygen atoms in total. The van der Waals surface area contributed by atoms with E-state index in [-0.39, 0.29) is 5.69 Å². The molecule has 0 bridgehead atoms. The molecule has 0 radical (unpaired) electrons. The van der Waals surface area contributed by atoms with Gasteiger partial charge in [0.15, 0.2) is 17.3 Å². The fourth-order valence-corrected chi connectivity index (χ4v) is 4.16. The first-order valence-corrected chi connectivity index (χ1v) is 11.4. The topological polar surface area (TPSA) is 76.1 Å². The van der Waals surface area contributed by atoms with Crippen LogP contribution in [0.25, 0.3) is 28.1 Å². The predicted octanol–water partition coefficient (Wildman–Crippen LogP) is 4.43. The molecule has 1 saturated heterocycles. The van der Waals surface area contributed by atoms with E-state index in [4.69, 9.17) is 10.7 Å². The number of likely N-dealkylation sites (N-methyl/N-ethyl adjacent to an activating group) is 1. The average molecular weight is 466 g/mol. The third-order valence-electron chi connectivity index (χ3n) is 5.83. The number of hydrogen-bond donors (Lipinski definition) is 1. The van der Waals surface area contributed by atoms with Crippen LogP contribution in [-0.4, -0.2) is 57.6 Å². The Labute approximate surface area is 197 Å². The van der Waals surface area contributed by atoms with Gasteiger partial charge in [-0.15, -0.1) is 0 Å². The average Bonchev–Trinajstić information content (AvgIpc) is 3.16. The highest BCUT2D eigenvalue weighted by Gasteiger charge is 2.23. The first kappa shape index (κ1) is 23.6. The van der Waals surface area contributed by atoms with Crippen molar-refractivity contribution in [2.75, 3.05) is 43.9 Å². The van der Waals surface area contributed by atoms with Crippen molar-refractivity contribution in [3.63, 3.8) is 0 Å². The largest absolute Gasteiger partial charge is 0.384 e. The van der Waals surface area contributed by atoms with E-state index in [2.05, 4.69) is 14.9 Å². The number of halogens is 2. The number of pyridine rings is 2. The number of anilines is 2. The number of nitrogens with zero attached hydrogens (tertiary/aromatic N) is 6. The van der Waals surface area contributed by atoms with Gasteiger partial charge in [-0.2, -0.15) is 0 Å². The van der Waals surface area contributed by atoms with E-state index in [1.54, 1.807) is 28.7 Å². The van der Waals surface area contributed by atoms with Crippen LogP contribution in [0.1, 0.15) is 19.7 Å². The Kier molecular flexibility index (Phi) is 6.74. The van der Waals surface area contributed by atoms with Crippen LogP contribution in [0.5, 0.6) is 0 Å². The Balaban J connectivity index is 0.00000133. The van der Waals surface area contributed by atoms with E-state index in [0.717, 1.165) is 18.7 Å². The summed E-state index contributed by atoms with van der Waals surface area (Å²) in [4.78, 5) is 17.2. The molecule has 3 aromatic heterocycles. The highest BCUT2D eigenvalue weighted by atomic mass is 19.1. The van der Waals surface area contributed by atoms with Gasteiger partial charge in [0.1, 0.15) is 22.8 Å². The number of rotatable bonds is 3. The summed E-state index contributed by atoms with van der Waals surface area (Å²) in [6.07, 6.45) is 1.61. The fourth-order valence-electron chi connectivity index (χ4n) is 4.16. The molecule has 0 unspecified atom stereocenters. The van der Waals surface area contributed by atoms with Crippen molar-refractivity contribution >= 4 is 22.7 Å². The quantitative estimate of drug-likeness (QED) is 0.483. The second-order valence-electron chi connectivity index (χ2n) is 8.05. The molecule has 0 aliphatic carbocycles. The Hall–Kier alpha value is -3.59. The predicted molar refractivity (Wildman–Crippen MR) is 132 cm³/mol. The van der Waals surface area contributed by atoms with Crippen LogP contribution < -0.4 is 10.6 Å². The maximum absolute atomic E-state index is 15.1. The normalized spacial score (nSPS) is 14.2. The van der Waals surface area contributed by atoms with E-state index >= 15 is 8.78 Å². The number of imidazole rings is 1. The van der Waals surface area contributed by atoms with Crippen LogP contribution in [0.4, 0.5) is 20.3 Å². The second kappa shape index (κ2) is 9.72. The van der Waals surface area contributed by atoms with Gasteiger partial charge in [0, 0.05) is 50.1 Å². The van der Waals surface area contributed by atoms with Crippen LogP contribution in [0.2, 0.25) is 0 Å². The van der Waals surface area contributed by atoms with Crippen molar-refractivity contribution in [1.82, 2.24) is 24.4 Å². The van der Waals surface area contributed by atoms with Gasteiger partial charge in [0.05, 0.1) is 11.4 Å². The van der Waals surface area contributed by atoms with Crippen LogP contribution >= 0.6 is 0 Å². The zero-order chi connectivity index (χ0) is 24.4. The van der Waals surface area contributed by atoms with Gasteiger partial charge in [-0.05, 0) is 38.2 Å². The molecule has 34 heavy (non-hydrogen) atoms. The maximum atomic E-state index is 15.1. The Morgan fingerprint density at radius 3 is 2.24 bits per heavy atom. The van der Waals surface area contributed by atoms with Crippen molar-refractivity contribution < 1.29 is 8.78 Å². The van der Waals surface area contributed by atoms with E-state index in [1.807, 2.05) is 39.1 Å². The number of hydrogen-bond acceptors (Lipinski definition) is 6. The fraction of sp³-hybridized carbons (Fsp3) is 0.320. The molecule has 0 atom stereocenters. The Morgan fingerprint density at radius 2 is 1.59 bits per heavy atom. The summed E-state index contributed by atoms with van der Waals surface area (Å²) in [6.45, 7) is 8.47. The van der Waals surface area contributed by atoms with Gasteiger partial charge >= 0.3 is 0 Å². The monoisotopic (exact) mass is 465 g/mol. The molecular weight excluding hydrogens is 436 g/mol. The van der Waals surface area contributed by atoms with Gasteiger partial charge in [-0.25, -0.2) is 23.7 Å². The molecule has 0 amide bonds. The summed E-state index contributed by atoms with van der Waals surface area (Å²) < 4.78 is 31.9. The van der Waals surface area contributed by atoms with Crippen molar-refractivity contribution in [2.45, 2.75) is 20.8 Å². The summed E-state index contributed by atoms with van der Waals surface area (Å²) in [5.41, 5.74) is 8.79. The lowest BCUT2D eigenvalue weighted by Gasteiger charge is -2.34. The molecule has 9 heteroatoms. The third-order valence-corrected chi connectivity index (χ3v) is 5.83. The molecule has 0 spiro atoms. The van der Waals surface area contributed by atoms with Crippen LogP contribution in [0, 0.1) is 18.6 Å². The number of nitrogen functional groups attached to an aromatic ring is 1. The molecule has 4 aromatic rings. The second-order valence-corrected chi connectivity index (χ2v) is 8.05. The highest BCUT2D eigenvalue weighted by molar-refractivity contribution is 5.78. The third kappa shape index (κ3) is 4.43. The number of fused-ring (bicyclic) bond motifs is 1. The standard InChI is InChI=1S/C23H23F2N7.C2H6/c1-14-28-20-4-3-19(15-5-6-27-21(26)11-15)29-23(20)32(14)16-12-17(24)22(18(25)13-16)31-9-7-30(2)8-10-31;1-2/h3-6,11-13H,7-10H2,1-2H3,(H2,26,27);1-2H3. The highest BCUT2D eigenvalue weighted by Crippen LogP contribution is 2.30. The molecule has 1 aliphatic heterocycles. The number of nitrogens with two attached hydrogens (primary N) is 1. The van der Waals surface area contributed by atoms with E-state index in [0.29, 0.717) is 47.3 Å². The van der Waals surface area contributed by atoms with Crippen LogP contribution in [0.15, 0.2) is 42.6 Å². The molecule has 1 aromatic carbocycles.